The molecule has 0 heterocycles. The average molecular weight is 403 g/mol. The van der Waals surface area contributed by atoms with Gasteiger partial charge in [-0.2, -0.15) is 0 Å². The summed E-state index contributed by atoms with van der Waals surface area (Å²) in [5.74, 6) is 4.52. The van der Waals surface area contributed by atoms with Crippen molar-refractivity contribution in [1.29, 1.82) is 0 Å². The highest BCUT2D eigenvalue weighted by Gasteiger charge is 2.63. The Labute approximate surface area is 179 Å². The van der Waals surface area contributed by atoms with Crippen LogP contribution in [0.1, 0.15) is 98.8 Å². The number of fused-ring (bicyclic) bond motifs is 5. The van der Waals surface area contributed by atoms with Crippen LogP contribution >= 0.6 is 0 Å². The van der Waals surface area contributed by atoms with Gasteiger partial charge in [0.1, 0.15) is 0 Å². The van der Waals surface area contributed by atoms with E-state index in [1.807, 2.05) is 0 Å². The summed E-state index contributed by atoms with van der Waals surface area (Å²) < 4.78 is 0. The minimum absolute atomic E-state index is 0.0616. The van der Waals surface area contributed by atoms with Gasteiger partial charge >= 0.3 is 0 Å². The minimum Gasteiger partial charge on any atom is -0.393 e. The van der Waals surface area contributed by atoms with Crippen molar-refractivity contribution in [1.82, 2.24) is 0 Å². The number of aliphatic hydroxyl groups is 2. The van der Waals surface area contributed by atoms with E-state index >= 15 is 0 Å². The van der Waals surface area contributed by atoms with Gasteiger partial charge in [-0.1, -0.05) is 66.0 Å². The fourth-order valence-electron chi connectivity index (χ4n) is 8.64. The molecule has 0 saturated heterocycles. The highest BCUT2D eigenvalue weighted by Crippen LogP contribution is 2.67. The van der Waals surface area contributed by atoms with E-state index in [9.17, 15) is 10.2 Å². The topological polar surface area (TPSA) is 40.5 Å². The standard InChI is InChI=1S/C27H46O2/c1-18(2)7-6-8-19(3)22-9-10-23-21-12-16-27(29)17-20(28)11-15-26(27,5)24(21)13-14-25(22,23)4/h12,16,18-24,28-29H,6-11,13-15,17H2,1-5H3/t19-,20?,21+,22-,23+,24+,25-,26-,27-/m1/s1. The van der Waals surface area contributed by atoms with E-state index in [1.165, 1.54) is 44.9 Å². The van der Waals surface area contributed by atoms with Gasteiger partial charge in [0, 0.05) is 11.8 Å². The predicted octanol–water partition coefficient (Wildman–Crippen LogP) is 6.36. The normalized spacial score (nSPS) is 50.1. The summed E-state index contributed by atoms with van der Waals surface area (Å²) in [4.78, 5) is 0. The first-order chi connectivity index (χ1) is 13.6. The number of hydrogen-bond acceptors (Lipinski definition) is 2. The van der Waals surface area contributed by atoms with Gasteiger partial charge in [0.25, 0.3) is 0 Å². The molecule has 9 atom stereocenters. The second-order valence-electron chi connectivity index (χ2n) is 12.4. The lowest BCUT2D eigenvalue weighted by Gasteiger charge is -2.61. The Kier molecular flexibility index (Phi) is 5.78. The molecule has 0 aromatic heterocycles. The van der Waals surface area contributed by atoms with E-state index in [-0.39, 0.29) is 11.5 Å². The first-order valence-corrected chi connectivity index (χ1v) is 12.7. The fraction of sp³-hybridized carbons (Fsp3) is 0.926. The summed E-state index contributed by atoms with van der Waals surface area (Å²) in [6.07, 6.45) is 16.0. The Bertz CT molecular complexity index is 626. The molecule has 2 nitrogen and oxygen atoms in total. The molecule has 0 radical (unpaired) electrons. The number of rotatable bonds is 5. The molecule has 4 rings (SSSR count). The minimum atomic E-state index is -0.804. The Morgan fingerprint density at radius 3 is 2.45 bits per heavy atom. The molecule has 3 saturated carbocycles. The zero-order valence-electron chi connectivity index (χ0n) is 19.7. The summed E-state index contributed by atoms with van der Waals surface area (Å²) in [6, 6.07) is 0. The molecule has 0 bridgehead atoms. The monoisotopic (exact) mass is 402 g/mol. The van der Waals surface area contributed by atoms with E-state index in [4.69, 9.17) is 0 Å². The average Bonchev–Trinajstić information content (AvgIpc) is 2.99. The Balaban J connectivity index is 1.53. The van der Waals surface area contributed by atoms with E-state index < -0.39 is 5.60 Å². The van der Waals surface area contributed by atoms with Crippen molar-refractivity contribution >= 4 is 0 Å². The van der Waals surface area contributed by atoms with Crippen molar-refractivity contribution in [3.8, 4) is 0 Å². The smallest absolute Gasteiger partial charge is 0.0908 e. The van der Waals surface area contributed by atoms with E-state index in [0.717, 1.165) is 36.5 Å². The van der Waals surface area contributed by atoms with Crippen molar-refractivity contribution in [2.75, 3.05) is 0 Å². The van der Waals surface area contributed by atoms with Crippen LogP contribution in [0.15, 0.2) is 12.2 Å². The van der Waals surface area contributed by atoms with Gasteiger partial charge in [-0.15, -0.1) is 0 Å². The van der Waals surface area contributed by atoms with Crippen molar-refractivity contribution in [2.45, 2.75) is 111 Å². The molecule has 0 aromatic rings. The third-order valence-corrected chi connectivity index (χ3v) is 10.5. The van der Waals surface area contributed by atoms with E-state index in [0.29, 0.717) is 23.7 Å². The second kappa shape index (κ2) is 7.66. The summed E-state index contributed by atoms with van der Waals surface area (Å²) in [5, 5.41) is 21.7. The lowest BCUT2D eigenvalue weighted by molar-refractivity contribution is -0.167. The first-order valence-electron chi connectivity index (χ1n) is 12.7. The second-order valence-corrected chi connectivity index (χ2v) is 12.4. The van der Waals surface area contributed by atoms with Crippen LogP contribution in [-0.4, -0.2) is 21.9 Å². The third kappa shape index (κ3) is 3.45. The number of aliphatic hydroxyl groups excluding tert-OH is 1. The quantitative estimate of drug-likeness (QED) is 0.525. The Hall–Kier alpha value is -0.340. The van der Waals surface area contributed by atoms with Gasteiger partial charge < -0.3 is 10.2 Å². The van der Waals surface area contributed by atoms with Crippen LogP contribution in [0, 0.1) is 46.3 Å². The molecule has 3 fully saturated rings. The van der Waals surface area contributed by atoms with E-state index in [2.05, 4.69) is 46.8 Å². The van der Waals surface area contributed by atoms with Crippen molar-refractivity contribution < 1.29 is 10.2 Å². The highest BCUT2D eigenvalue weighted by atomic mass is 16.3. The molecule has 29 heavy (non-hydrogen) atoms. The lowest BCUT2D eigenvalue weighted by atomic mass is 9.45. The predicted molar refractivity (Wildman–Crippen MR) is 120 cm³/mol. The molecule has 0 aromatic carbocycles. The van der Waals surface area contributed by atoms with Crippen LogP contribution in [0.2, 0.25) is 0 Å². The van der Waals surface area contributed by atoms with Crippen LogP contribution in [0.4, 0.5) is 0 Å². The van der Waals surface area contributed by atoms with Crippen LogP contribution in [0.3, 0.4) is 0 Å². The van der Waals surface area contributed by atoms with Gasteiger partial charge in [-0.3, -0.25) is 0 Å². The molecule has 0 spiro atoms. The van der Waals surface area contributed by atoms with Crippen LogP contribution in [0.5, 0.6) is 0 Å². The Morgan fingerprint density at radius 2 is 1.72 bits per heavy atom. The molecule has 4 aliphatic rings. The van der Waals surface area contributed by atoms with Crippen LogP contribution in [0.25, 0.3) is 0 Å². The molecular formula is C27H46O2. The first kappa shape index (κ1) is 21.9. The molecule has 0 amide bonds. The van der Waals surface area contributed by atoms with Crippen molar-refractivity contribution in [3.05, 3.63) is 12.2 Å². The summed E-state index contributed by atoms with van der Waals surface area (Å²) in [6.45, 7) is 12.2. The SMILES string of the molecule is CC(C)CCC[C@@H](C)[C@H]1CC[C@H]2[C@@H]3C=C[C@@]4(O)CC(O)CC[C@]4(C)[C@H]3CC[C@]12C. The molecular weight excluding hydrogens is 356 g/mol. The van der Waals surface area contributed by atoms with Crippen molar-refractivity contribution in [3.63, 3.8) is 0 Å². The maximum atomic E-state index is 11.5. The maximum absolute atomic E-state index is 11.5. The molecule has 1 unspecified atom stereocenters. The van der Waals surface area contributed by atoms with Gasteiger partial charge in [0.05, 0.1) is 11.7 Å². The molecule has 2 heteroatoms. The summed E-state index contributed by atoms with van der Waals surface area (Å²) in [5.41, 5.74) is -0.390. The van der Waals surface area contributed by atoms with Crippen LogP contribution in [-0.2, 0) is 0 Å². The Morgan fingerprint density at radius 1 is 0.966 bits per heavy atom. The van der Waals surface area contributed by atoms with Crippen LogP contribution < -0.4 is 0 Å². The van der Waals surface area contributed by atoms with Gasteiger partial charge in [-0.05, 0) is 79.4 Å². The van der Waals surface area contributed by atoms with E-state index in [1.54, 1.807) is 0 Å². The molecule has 2 N–H and O–H groups in total. The highest BCUT2D eigenvalue weighted by molar-refractivity contribution is 5.24. The number of allylic oxidation sites excluding steroid dienone is 1. The largest absolute Gasteiger partial charge is 0.393 e. The van der Waals surface area contributed by atoms with Gasteiger partial charge in [0.2, 0.25) is 0 Å². The van der Waals surface area contributed by atoms with Gasteiger partial charge in [-0.25, -0.2) is 0 Å². The zero-order valence-corrected chi connectivity index (χ0v) is 19.7. The fourth-order valence-corrected chi connectivity index (χ4v) is 8.64. The molecule has 166 valence electrons. The molecule has 0 aliphatic heterocycles. The lowest BCUT2D eigenvalue weighted by Crippen LogP contribution is -2.60. The van der Waals surface area contributed by atoms with Crippen molar-refractivity contribution in [2.24, 2.45) is 46.3 Å². The maximum Gasteiger partial charge on any atom is 0.0908 e. The zero-order chi connectivity index (χ0) is 21.0. The summed E-state index contributed by atoms with van der Waals surface area (Å²) >= 11 is 0. The molecule has 4 aliphatic carbocycles. The number of hydrogen-bond donors (Lipinski definition) is 2. The third-order valence-electron chi connectivity index (χ3n) is 10.5. The van der Waals surface area contributed by atoms with Gasteiger partial charge in [0.15, 0.2) is 0 Å². The summed E-state index contributed by atoms with van der Waals surface area (Å²) in [7, 11) is 0.